The average Bonchev–Trinajstić information content (AvgIpc) is 2.27. The van der Waals surface area contributed by atoms with Gasteiger partial charge in [-0.1, -0.05) is 6.92 Å². The quantitative estimate of drug-likeness (QED) is 0.689. The summed E-state index contributed by atoms with van der Waals surface area (Å²) in [5.74, 6) is 0.343. The molecule has 1 saturated heterocycles. The van der Waals surface area contributed by atoms with E-state index in [1.807, 2.05) is 20.8 Å². The van der Waals surface area contributed by atoms with Crippen LogP contribution in [0.25, 0.3) is 0 Å². The summed E-state index contributed by atoms with van der Waals surface area (Å²) in [6, 6.07) is 0.201. The summed E-state index contributed by atoms with van der Waals surface area (Å²) in [5, 5.41) is 0. The zero-order valence-electron chi connectivity index (χ0n) is 10.8. The van der Waals surface area contributed by atoms with Crippen molar-refractivity contribution in [3.05, 3.63) is 0 Å². The van der Waals surface area contributed by atoms with Gasteiger partial charge in [0.15, 0.2) is 0 Å². The fourth-order valence-corrected chi connectivity index (χ4v) is 1.87. The normalized spacial score (nSPS) is 27.4. The number of hydrogen-bond donors (Lipinski definition) is 1. The molecule has 1 aliphatic heterocycles. The van der Waals surface area contributed by atoms with Crippen LogP contribution in [0.15, 0.2) is 0 Å². The van der Waals surface area contributed by atoms with Gasteiger partial charge in [-0.3, -0.25) is 0 Å². The van der Waals surface area contributed by atoms with Gasteiger partial charge in [-0.05, 0) is 39.5 Å². The fraction of sp³-hybridized carbons (Fsp3) is 0.917. The predicted molar refractivity (Wildman–Crippen MR) is 64.2 cm³/mol. The van der Waals surface area contributed by atoms with Crippen LogP contribution in [0.5, 0.6) is 0 Å². The molecule has 1 rings (SSSR count). The van der Waals surface area contributed by atoms with Crippen molar-refractivity contribution in [1.82, 2.24) is 4.90 Å². The summed E-state index contributed by atoms with van der Waals surface area (Å²) in [7, 11) is 0. The van der Waals surface area contributed by atoms with Crippen LogP contribution in [0.2, 0.25) is 0 Å². The SMILES string of the molecule is C[C@@H]1CN(C(=O)OC(C)(C)C)CCC[C@H]1N. The van der Waals surface area contributed by atoms with E-state index in [1.54, 1.807) is 4.90 Å². The Hall–Kier alpha value is -0.770. The van der Waals surface area contributed by atoms with Gasteiger partial charge >= 0.3 is 6.09 Å². The minimum Gasteiger partial charge on any atom is -0.444 e. The van der Waals surface area contributed by atoms with Crippen LogP contribution in [0.3, 0.4) is 0 Å². The second-order valence-electron chi connectivity index (χ2n) is 5.71. The van der Waals surface area contributed by atoms with E-state index in [0.717, 1.165) is 19.4 Å². The van der Waals surface area contributed by atoms with Gasteiger partial charge < -0.3 is 15.4 Å². The Balaban J connectivity index is 2.56. The molecule has 4 nitrogen and oxygen atoms in total. The van der Waals surface area contributed by atoms with E-state index < -0.39 is 5.60 Å². The number of carbonyl (C=O) groups excluding carboxylic acids is 1. The maximum Gasteiger partial charge on any atom is 0.410 e. The van der Waals surface area contributed by atoms with Gasteiger partial charge in [0.25, 0.3) is 0 Å². The second-order valence-corrected chi connectivity index (χ2v) is 5.71. The summed E-state index contributed by atoms with van der Waals surface area (Å²) in [6.45, 7) is 9.21. The number of nitrogens with two attached hydrogens (primary N) is 1. The molecule has 1 fully saturated rings. The van der Waals surface area contributed by atoms with Crippen LogP contribution < -0.4 is 5.73 Å². The second kappa shape index (κ2) is 5.04. The van der Waals surface area contributed by atoms with Crippen LogP contribution in [0, 0.1) is 5.92 Å². The smallest absolute Gasteiger partial charge is 0.410 e. The van der Waals surface area contributed by atoms with Crippen LogP contribution >= 0.6 is 0 Å². The first-order valence-corrected chi connectivity index (χ1v) is 6.03. The Morgan fingerprint density at radius 3 is 2.62 bits per heavy atom. The molecule has 0 aromatic rings. The first kappa shape index (κ1) is 13.3. The molecule has 16 heavy (non-hydrogen) atoms. The highest BCUT2D eigenvalue weighted by Gasteiger charge is 2.27. The largest absolute Gasteiger partial charge is 0.444 e. The molecule has 94 valence electrons. The highest BCUT2D eigenvalue weighted by atomic mass is 16.6. The zero-order valence-corrected chi connectivity index (χ0v) is 10.8. The Morgan fingerprint density at radius 1 is 1.44 bits per heavy atom. The molecule has 0 spiro atoms. The molecule has 1 amide bonds. The van der Waals surface area contributed by atoms with Crippen molar-refractivity contribution < 1.29 is 9.53 Å². The number of ether oxygens (including phenoxy) is 1. The number of amides is 1. The van der Waals surface area contributed by atoms with Gasteiger partial charge in [0.2, 0.25) is 0 Å². The lowest BCUT2D eigenvalue weighted by atomic mass is 10.0. The van der Waals surface area contributed by atoms with Crippen LogP contribution in [0.1, 0.15) is 40.5 Å². The molecule has 2 atom stereocenters. The molecule has 1 heterocycles. The van der Waals surface area contributed by atoms with Crippen LogP contribution in [-0.2, 0) is 4.74 Å². The van der Waals surface area contributed by atoms with Crippen molar-refractivity contribution in [3.63, 3.8) is 0 Å². The van der Waals surface area contributed by atoms with E-state index >= 15 is 0 Å². The zero-order chi connectivity index (χ0) is 12.3. The molecular weight excluding hydrogens is 204 g/mol. The van der Waals surface area contributed by atoms with Crippen LogP contribution in [-0.4, -0.2) is 35.7 Å². The molecule has 0 unspecified atom stereocenters. The summed E-state index contributed by atoms with van der Waals surface area (Å²) in [5.41, 5.74) is 5.57. The Morgan fingerprint density at radius 2 is 2.06 bits per heavy atom. The number of rotatable bonds is 0. The Bertz CT molecular complexity index is 248. The molecule has 0 aromatic heterocycles. The van der Waals surface area contributed by atoms with Crippen molar-refractivity contribution in [2.45, 2.75) is 52.2 Å². The molecular formula is C12H24N2O2. The summed E-state index contributed by atoms with van der Waals surface area (Å²) >= 11 is 0. The lowest BCUT2D eigenvalue weighted by Gasteiger charge is -2.28. The Labute approximate surface area is 98.1 Å². The monoisotopic (exact) mass is 228 g/mol. The molecule has 4 heteroatoms. The number of likely N-dealkylation sites (tertiary alicyclic amines) is 1. The third-order valence-electron chi connectivity index (χ3n) is 2.86. The van der Waals surface area contributed by atoms with E-state index in [-0.39, 0.29) is 12.1 Å². The van der Waals surface area contributed by atoms with Gasteiger partial charge in [0, 0.05) is 19.1 Å². The van der Waals surface area contributed by atoms with Gasteiger partial charge in [0.1, 0.15) is 5.60 Å². The third kappa shape index (κ3) is 4.00. The topological polar surface area (TPSA) is 55.6 Å². The maximum absolute atomic E-state index is 11.9. The molecule has 0 aromatic carbocycles. The molecule has 0 aliphatic carbocycles. The van der Waals surface area contributed by atoms with Crippen molar-refractivity contribution in [2.24, 2.45) is 11.7 Å². The number of carbonyl (C=O) groups is 1. The first-order chi connectivity index (χ1) is 7.29. The lowest BCUT2D eigenvalue weighted by molar-refractivity contribution is 0.0236. The standard InChI is InChI=1S/C12H24N2O2/c1-9-8-14(7-5-6-10(9)13)11(15)16-12(2,3)4/h9-10H,5-8,13H2,1-4H3/t9-,10-/m1/s1. The minimum atomic E-state index is -0.422. The average molecular weight is 228 g/mol. The lowest BCUT2D eigenvalue weighted by Crippen LogP contribution is -2.40. The van der Waals surface area contributed by atoms with E-state index in [2.05, 4.69) is 6.92 Å². The van der Waals surface area contributed by atoms with E-state index in [1.165, 1.54) is 0 Å². The van der Waals surface area contributed by atoms with E-state index in [4.69, 9.17) is 10.5 Å². The fourth-order valence-electron chi connectivity index (χ4n) is 1.87. The molecule has 2 N–H and O–H groups in total. The summed E-state index contributed by atoms with van der Waals surface area (Å²) in [6.07, 6.45) is 1.74. The van der Waals surface area contributed by atoms with Crippen molar-refractivity contribution in [2.75, 3.05) is 13.1 Å². The first-order valence-electron chi connectivity index (χ1n) is 6.03. The Kier molecular flexibility index (Phi) is 4.19. The number of hydrogen-bond acceptors (Lipinski definition) is 3. The summed E-state index contributed by atoms with van der Waals surface area (Å²) in [4.78, 5) is 13.7. The van der Waals surface area contributed by atoms with Crippen LogP contribution in [0.4, 0.5) is 4.79 Å². The minimum absolute atomic E-state index is 0.201. The van der Waals surface area contributed by atoms with Crippen molar-refractivity contribution in [1.29, 1.82) is 0 Å². The van der Waals surface area contributed by atoms with Gasteiger partial charge in [-0.15, -0.1) is 0 Å². The molecule has 0 radical (unpaired) electrons. The van der Waals surface area contributed by atoms with E-state index in [9.17, 15) is 4.79 Å². The highest BCUT2D eigenvalue weighted by molar-refractivity contribution is 5.68. The van der Waals surface area contributed by atoms with Gasteiger partial charge in [-0.25, -0.2) is 4.79 Å². The van der Waals surface area contributed by atoms with Gasteiger partial charge in [0.05, 0.1) is 0 Å². The molecule has 1 aliphatic rings. The third-order valence-corrected chi connectivity index (χ3v) is 2.86. The maximum atomic E-state index is 11.9. The highest BCUT2D eigenvalue weighted by Crippen LogP contribution is 2.17. The summed E-state index contributed by atoms with van der Waals surface area (Å²) < 4.78 is 5.36. The predicted octanol–water partition coefficient (Wildman–Crippen LogP) is 1.98. The number of nitrogens with zero attached hydrogens (tertiary/aromatic N) is 1. The van der Waals surface area contributed by atoms with Crippen molar-refractivity contribution >= 4 is 6.09 Å². The van der Waals surface area contributed by atoms with E-state index in [0.29, 0.717) is 12.5 Å². The van der Waals surface area contributed by atoms with Crippen molar-refractivity contribution in [3.8, 4) is 0 Å². The molecule has 0 bridgehead atoms. The van der Waals surface area contributed by atoms with Gasteiger partial charge in [-0.2, -0.15) is 0 Å². The molecule has 0 saturated carbocycles.